The summed E-state index contributed by atoms with van der Waals surface area (Å²) in [7, 11) is 1.63. The predicted molar refractivity (Wildman–Crippen MR) is 78.0 cm³/mol. The van der Waals surface area contributed by atoms with E-state index in [1.165, 1.54) is 0 Å². The molecule has 106 valence electrons. The summed E-state index contributed by atoms with van der Waals surface area (Å²) < 4.78 is 5.33. The zero-order chi connectivity index (χ0) is 14.5. The van der Waals surface area contributed by atoms with Gasteiger partial charge in [-0.3, -0.25) is 4.79 Å². The van der Waals surface area contributed by atoms with E-state index in [2.05, 4.69) is 5.92 Å². The Labute approximate surface area is 119 Å². The van der Waals surface area contributed by atoms with Crippen LogP contribution in [0.5, 0.6) is 5.75 Å². The summed E-state index contributed by atoms with van der Waals surface area (Å²) in [5.74, 6) is 3.17. The molecule has 2 rings (SSSR count). The van der Waals surface area contributed by atoms with E-state index in [0.29, 0.717) is 6.54 Å². The van der Waals surface area contributed by atoms with E-state index in [9.17, 15) is 4.79 Å². The fourth-order valence-electron chi connectivity index (χ4n) is 2.22. The monoisotopic (exact) mass is 272 g/mol. The number of methoxy groups -OCH3 is 1. The lowest BCUT2D eigenvalue weighted by molar-refractivity contribution is -0.133. The van der Waals surface area contributed by atoms with Crippen molar-refractivity contribution < 1.29 is 9.53 Å². The van der Waals surface area contributed by atoms with Crippen LogP contribution in [0.3, 0.4) is 0 Å². The zero-order valence-electron chi connectivity index (χ0n) is 11.7. The standard InChI is InChI=1S/C16H20N2O2/c1-3-6-14(17)16(19)18(13-9-10-13)11-12-7-4-5-8-15(12)20-2/h1,4-5,7-8,13-14H,6,9-11,17H2,2H3. The number of amides is 1. The molecule has 1 aliphatic rings. The molecule has 0 aromatic heterocycles. The summed E-state index contributed by atoms with van der Waals surface area (Å²) in [6.07, 6.45) is 7.57. The Kier molecular flexibility index (Phi) is 4.65. The van der Waals surface area contributed by atoms with Gasteiger partial charge in [-0.2, -0.15) is 0 Å². The molecule has 1 atom stereocenters. The average molecular weight is 272 g/mol. The second-order valence-corrected chi connectivity index (χ2v) is 5.02. The minimum Gasteiger partial charge on any atom is -0.496 e. The number of ether oxygens (including phenoxy) is 1. The highest BCUT2D eigenvalue weighted by molar-refractivity contribution is 5.82. The first-order chi connectivity index (χ1) is 9.67. The Morgan fingerprint density at radius 2 is 2.25 bits per heavy atom. The average Bonchev–Trinajstić information content (AvgIpc) is 3.29. The van der Waals surface area contributed by atoms with Crippen LogP contribution in [0.1, 0.15) is 24.8 Å². The Balaban J connectivity index is 2.14. The maximum atomic E-state index is 12.4. The van der Waals surface area contributed by atoms with Gasteiger partial charge in [0.15, 0.2) is 0 Å². The van der Waals surface area contributed by atoms with Crippen molar-refractivity contribution in [3.63, 3.8) is 0 Å². The normalized spacial score (nSPS) is 15.2. The van der Waals surface area contributed by atoms with Crippen LogP contribution in [0.15, 0.2) is 24.3 Å². The number of hydrogen-bond acceptors (Lipinski definition) is 3. The number of carbonyl (C=O) groups is 1. The van der Waals surface area contributed by atoms with E-state index in [-0.39, 0.29) is 18.4 Å². The first-order valence-corrected chi connectivity index (χ1v) is 6.78. The lowest BCUT2D eigenvalue weighted by atomic mass is 10.1. The van der Waals surface area contributed by atoms with Gasteiger partial charge in [-0.15, -0.1) is 12.3 Å². The fraction of sp³-hybridized carbons (Fsp3) is 0.438. The van der Waals surface area contributed by atoms with Gasteiger partial charge in [-0.05, 0) is 18.9 Å². The maximum Gasteiger partial charge on any atom is 0.241 e. The molecule has 1 saturated carbocycles. The van der Waals surface area contributed by atoms with Crippen molar-refractivity contribution in [1.82, 2.24) is 4.90 Å². The van der Waals surface area contributed by atoms with E-state index in [0.717, 1.165) is 24.2 Å². The van der Waals surface area contributed by atoms with Crippen molar-refractivity contribution in [3.05, 3.63) is 29.8 Å². The Morgan fingerprint density at radius 3 is 2.85 bits per heavy atom. The lowest BCUT2D eigenvalue weighted by Gasteiger charge is -2.26. The molecule has 1 aliphatic carbocycles. The van der Waals surface area contributed by atoms with Crippen molar-refractivity contribution in [2.75, 3.05) is 7.11 Å². The number of terminal acetylenes is 1. The fourth-order valence-corrected chi connectivity index (χ4v) is 2.22. The summed E-state index contributed by atoms with van der Waals surface area (Å²) in [4.78, 5) is 14.2. The van der Waals surface area contributed by atoms with E-state index < -0.39 is 6.04 Å². The van der Waals surface area contributed by atoms with Crippen molar-refractivity contribution >= 4 is 5.91 Å². The molecule has 2 N–H and O–H groups in total. The van der Waals surface area contributed by atoms with Gasteiger partial charge in [0.25, 0.3) is 0 Å². The van der Waals surface area contributed by atoms with Gasteiger partial charge < -0.3 is 15.4 Å². The number of nitrogens with zero attached hydrogens (tertiary/aromatic N) is 1. The Morgan fingerprint density at radius 1 is 1.55 bits per heavy atom. The molecule has 1 unspecified atom stereocenters. The van der Waals surface area contributed by atoms with Crippen LogP contribution in [0.4, 0.5) is 0 Å². The van der Waals surface area contributed by atoms with Crippen molar-refractivity contribution in [1.29, 1.82) is 0 Å². The molecular formula is C16H20N2O2. The number of rotatable bonds is 6. The molecule has 1 aromatic carbocycles. The van der Waals surface area contributed by atoms with Crippen LogP contribution >= 0.6 is 0 Å². The molecule has 1 amide bonds. The smallest absolute Gasteiger partial charge is 0.241 e. The van der Waals surface area contributed by atoms with Gasteiger partial charge in [0.2, 0.25) is 5.91 Å². The minimum atomic E-state index is -0.615. The van der Waals surface area contributed by atoms with Crippen LogP contribution in [0, 0.1) is 12.3 Å². The highest BCUT2D eigenvalue weighted by Gasteiger charge is 2.34. The third-order valence-electron chi connectivity index (χ3n) is 3.46. The molecule has 20 heavy (non-hydrogen) atoms. The summed E-state index contributed by atoms with van der Waals surface area (Å²) in [5, 5.41) is 0. The number of carbonyl (C=O) groups excluding carboxylic acids is 1. The highest BCUT2D eigenvalue weighted by atomic mass is 16.5. The molecule has 1 fully saturated rings. The summed E-state index contributed by atoms with van der Waals surface area (Å²) >= 11 is 0. The highest BCUT2D eigenvalue weighted by Crippen LogP contribution is 2.30. The molecule has 0 spiro atoms. The molecule has 4 nitrogen and oxygen atoms in total. The van der Waals surface area contributed by atoms with Crippen molar-refractivity contribution in [2.45, 2.75) is 37.9 Å². The van der Waals surface area contributed by atoms with Crippen LogP contribution < -0.4 is 10.5 Å². The van der Waals surface area contributed by atoms with Crippen LogP contribution in [0.2, 0.25) is 0 Å². The molecule has 0 radical (unpaired) electrons. The van der Waals surface area contributed by atoms with Gasteiger partial charge in [0.05, 0.1) is 13.2 Å². The number of hydrogen-bond donors (Lipinski definition) is 1. The van der Waals surface area contributed by atoms with Crippen LogP contribution in [-0.4, -0.2) is 30.0 Å². The second kappa shape index (κ2) is 6.44. The van der Waals surface area contributed by atoms with Crippen LogP contribution in [-0.2, 0) is 11.3 Å². The van der Waals surface area contributed by atoms with E-state index in [1.54, 1.807) is 7.11 Å². The molecule has 0 bridgehead atoms. The van der Waals surface area contributed by atoms with Crippen molar-refractivity contribution in [2.24, 2.45) is 5.73 Å². The number of para-hydroxylation sites is 1. The minimum absolute atomic E-state index is 0.0728. The Hall–Kier alpha value is -1.99. The van der Waals surface area contributed by atoms with Gasteiger partial charge >= 0.3 is 0 Å². The lowest BCUT2D eigenvalue weighted by Crippen LogP contribution is -2.44. The van der Waals surface area contributed by atoms with E-state index >= 15 is 0 Å². The van der Waals surface area contributed by atoms with E-state index in [4.69, 9.17) is 16.9 Å². The van der Waals surface area contributed by atoms with Crippen LogP contribution in [0.25, 0.3) is 0 Å². The maximum absolute atomic E-state index is 12.4. The second-order valence-electron chi connectivity index (χ2n) is 5.02. The first-order valence-electron chi connectivity index (χ1n) is 6.78. The summed E-state index contributed by atoms with van der Waals surface area (Å²) in [6.45, 7) is 0.520. The first kappa shape index (κ1) is 14.4. The zero-order valence-corrected chi connectivity index (χ0v) is 11.7. The number of benzene rings is 1. The summed E-state index contributed by atoms with van der Waals surface area (Å²) in [5.41, 5.74) is 6.84. The molecule has 1 aromatic rings. The quantitative estimate of drug-likeness (QED) is 0.799. The molecular weight excluding hydrogens is 252 g/mol. The van der Waals surface area contributed by atoms with E-state index in [1.807, 2.05) is 29.2 Å². The third kappa shape index (κ3) is 3.31. The molecule has 0 heterocycles. The molecule has 0 saturated heterocycles. The summed E-state index contributed by atoms with van der Waals surface area (Å²) in [6, 6.07) is 7.39. The van der Waals surface area contributed by atoms with Gasteiger partial charge in [0.1, 0.15) is 5.75 Å². The Bertz CT molecular complexity index is 517. The van der Waals surface area contributed by atoms with Gasteiger partial charge in [-0.25, -0.2) is 0 Å². The van der Waals surface area contributed by atoms with Gasteiger partial charge in [-0.1, -0.05) is 18.2 Å². The van der Waals surface area contributed by atoms with Crippen molar-refractivity contribution in [3.8, 4) is 18.1 Å². The number of nitrogens with two attached hydrogens (primary N) is 1. The molecule has 4 heteroatoms. The topological polar surface area (TPSA) is 55.6 Å². The SMILES string of the molecule is C#CCC(N)C(=O)N(Cc1ccccc1OC)C1CC1. The largest absolute Gasteiger partial charge is 0.496 e. The predicted octanol–water partition coefficient (Wildman–Crippen LogP) is 1.54. The van der Waals surface area contributed by atoms with Gasteiger partial charge in [0, 0.05) is 24.6 Å². The third-order valence-corrected chi connectivity index (χ3v) is 3.46. The molecule has 0 aliphatic heterocycles.